The zero-order chi connectivity index (χ0) is 18.0. The van der Waals surface area contributed by atoms with Crippen molar-refractivity contribution >= 4 is 0 Å². The molecule has 2 heterocycles. The van der Waals surface area contributed by atoms with Crippen LogP contribution in [0.3, 0.4) is 0 Å². The van der Waals surface area contributed by atoms with Crippen LogP contribution in [0.25, 0.3) is 0 Å². The Kier molecular flexibility index (Phi) is 6.87. The number of hydrogen-bond donors (Lipinski definition) is 5. The highest BCUT2D eigenvalue weighted by atomic mass is 16.8. The molecule has 5 unspecified atom stereocenters. The van der Waals surface area contributed by atoms with Crippen molar-refractivity contribution in [2.24, 2.45) is 0 Å². The second kappa shape index (κ2) is 8.29. The monoisotopic (exact) mass is 356 g/mol. The van der Waals surface area contributed by atoms with Crippen LogP contribution in [0.1, 0.15) is 0 Å². The van der Waals surface area contributed by atoms with E-state index in [2.05, 4.69) is 0 Å². The van der Waals surface area contributed by atoms with Crippen molar-refractivity contribution in [1.82, 2.24) is 0 Å². The predicted molar refractivity (Wildman–Crippen MR) is 73.3 cm³/mol. The van der Waals surface area contributed by atoms with E-state index in [1.54, 1.807) is 0 Å². The average molecular weight is 356 g/mol. The molecule has 11 heteroatoms. The zero-order valence-electron chi connectivity index (χ0n) is 13.5. The van der Waals surface area contributed by atoms with Gasteiger partial charge in [-0.25, -0.2) is 0 Å². The first-order valence-corrected chi connectivity index (χ1v) is 7.30. The van der Waals surface area contributed by atoms with Gasteiger partial charge in [0, 0.05) is 21.3 Å². The summed E-state index contributed by atoms with van der Waals surface area (Å²) in [5.41, 5.74) is 0. The van der Waals surface area contributed by atoms with E-state index in [-0.39, 0.29) is 0 Å². The number of rotatable bonds is 5. The topological polar surface area (TPSA) is 157 Å². The summed E-state index contributed by atoms with van der Waals surface area (Å²) >= 11 is 0. The van der Waals surface area contributed by atoms with Gasteiger partial charge in [0.05, 0.1) is 0 Å². The lowest BCUT2D eigenvalue weighted by atomic mass is 10.0. The van der Waals surface area contributed by atoms with Crippen LogP contribution < -0.4 is 0 Å². The fourth-order valence-electron chi connectivity index (χ4n) is 2.62. The molecule has 0 aromatic carbocycles. The normalized spacial score (nSPS) is 50.0. The van der Waals surface area contributed by atoms with Crippen molar-refractivity contribution in [3.63, 3.8) is 0 Å². The number of aliphatic hydroxyl groups is 5. The first-order chi connectivity index (χ1) is 11.3. The van der Waals surface area contributed by atoms with Crippen molar-refractivity contribution in [3.8, 4) is 0 Å². The van der Waals surface area contributed by atoms with Crippen LogP contribution in [-0.4, -0.2) is 109 Å². The van der Waals surface area contributed by atoms with Crippen molar-refractivity contribution in [2.75, 3.05) is 21.3 Å². The van der Waals surface area contributed by atoms with Gasteiger partial charge in [-0.2, -0.15) is 0 Å². The minimum absolute atomic E-state index is 1.14. The standard InChI is InChI=1S/C13H24O11/c1-19-10-6(16)4(14)7(17)12(23-10)22-9-5(15)8(18)11(20-2)24-13(9)21-3/h4-18H,1-3H3/t4-,5+,6?,7?,8?,9?,10-,11-,12?,13-/m0/s1. The molecule has 0 spiro atoms. The summed E-state index contributed by atoms with van der Waals surface area (Å²) in [7, 11) is 3.80. The fraction of sp³-hybridized carbons (Fsp3) is 1.00. The molecule has 0 aromatic heterocycles. The lowest BCUT2D eigenvalue weighted by molar-refractivity contribution is -0.398. The highest BCUT2D eigenvalue weighted by Crippen LogP contribution is 2.29. The van der Waals surface area contributed by atoms with Gasteiger partial charge in [-0.15, -0.1) is 0 Å². The highest BCUT2D eigenvalue weighted by molar-refractivity contribution is 4.90. The number of ether oxygens (including phenoxy) is 6. The zero-order valence-corrected chi connectivity index (χ0v) is 13.5. The lowest BCUT2D eigenvalue weighted by Crippen LogP contribution is -2.64. The molecule has 2 aliphatic rings. The van der Waals surface area contributed by atoms with E-state index in [4.69, 9.17) is 28.4 Å². The first kappa shape index (κ1) is 19.9. The Labute approximate surface area is 138 Å². The molecular formula is C13H24O11. The quantitative estimate of drug-likeness (QED) is 0.333. The molecule has 2 rings (SSSR count). The molecule has 10 atom stereocenters. The van der Waals surface area contributed by atoms with E-state index in [1.165, 1.54) is 21.3 Å². The van der Waals surface area contributed by atoms with E-state index in [1.807, 2.05) is 0 Å². The lowest BCUT2D eigenvalue weighted by Gasteiger charge is -2.45. The molecule has 0 saturated carbocycles. The van der Waals surface area contributed by atoms with E-state index < -0.39 is 61.8 Å². The molecule has 0 bridgehead atoms. The summed E-state index contributed by atoms with van der Waals surface area (Å²) in [4.78, 5) is 0. The third kappa shape index (κ3) is 3.71. The molecule has 5 N–H and O–H groups in total. The van der Waals surface area contributed by atoms with E-state index in [0.717, 1.165) is 0 Å². The minimum atomic E-state index is -1.63. The predicted octanol–water partition coefficient (Wildman–Crippen LogP) is -3.52. The third-order valence-electron chi connectivity index (χ3n) is 4.02. The molecule has 2 saturated heterocycles. The largest absolute Gasteiger partial charge is 0.387 e. The van der Waals surface area contributed by atoms with Gasteiger partial charge in [-0.1, -0.05) is 0 Å². The van der Waals surface area contributed by atoms with Crippen molar-refractivity contribution in [3.05, 3.63) is 0 Å². The molecule has 24 heavy (non-hydrogen) atoms. The van der Waals surface area contributed by atoms with Crippen LogP contribution in [0.15, 0.2) is 0 Å². The van der Waals surface area contributed by atoms with Crippen molar-refractivity contribution in [2.45, 2.75) is 61.8 Å². The Morgan fingerprint density at radius 1 is 0.542 bits per heavy atom. The smallest absolute Gasteiger partial charge is 0.189 e. The summed E-state index contributed by atoms with van der Waals surface area (Å²) in [6.07, 6.45) is -13.9. The molecule has 0 aliphatic carbocycles. The molecule has 0 aromatic rings. The number of methoxy groups -OCH3 is 3. The highest BCUT2D eigenvalue weighted by Gasteiger charge is 2.51. The summed E-state index contributed by atoms with van der Waals surface area (Å²) in [5.74, 6) is 0. The van der Waals surface area contributed by atoms with Gasteiger partial charge >= 0.3 is 0 Å². The van der Waals surface area contributed by atoms with Crippen LogP contribution in [0.2, 0.25) is 0 Å². The number of aliphatic hydroxyl groups excluding tert-OH is 5. The van der Waals surface area contributed by atoms with Gasteiger partial charge in [0.25, 0.3) is 0 Å². The van der Waals surface area contributed by atoms with Crippen LogP contribution in [0.4, 0.5) is 0 Å². The number of hydrogen-bond acceptors (Lipinski definition) is 11. The Morgan fingerprint density at radius 3 is 1.46 bits per heavy atom. The van der Waals surface area contributed by atoms with Gasteiger partial charge in [0.2, 0.25) is 0 Å². The van der Waals surface area contributed by atoms with E-state index in [9.17, 15) is 25.5 Å². The second-order valence-corrected chi connectivity index (χ2v) is 5.51. The Hall–Kier alpha value is -0.440. The summed E-state index contributed by atoms with van der Waals surface area (Å²) in [5, 5.41) is 49.7. The molecule has 2 fully saturated rings. The van der Waals surface area contributed by atoms with Gasteiger partial charge < -0.3 is 54.0 Å². The Bertz CT molecular complexity index is 392. The molecule has 0 radical (unpaired) electrons. The van der Waals surface area contributed by atoms with Gasteiger partial charge in [-0.3, -0.25) is 0 Å². The Balaban J connectivity index is 2.12. The van der Waals surface area contributed by atoms with E-state index in [0.29, 0.717) is 0 Å². The third-order valence-corrected chi connectivity index (χ3v) is 4.02. The maximum absolute atomic E-state index is 10.2. The van der Waals surface area contributed by atoms with Crippen LogP contribution in [-0.2, 0) is 28.4 Å². The van der Waals surface area contributed by atoms with Crippen LogP contribution in [0, 0.1) is 0 Å². The summed E-state index contributed by atoms with van der Waals surface area (Å²) in [6.45, 7) is 0. The van der Waals surface area contributed by atoms with Gasteiger partial charge in [0.1, 0.15) is 36.6 Å². The van der Waals surface area contributed by atoms with E-state index >= 15 is 0 Å². The molecule has 2 aliphatic heterocycles. The van der Waals surface area contributed by atoms with Crippen LogP contribution >= 0.6 is 0 Å². The Morgan fingerprint density at radius 2 is 0.958 bits per heavy atom. The minimum Gasteiger partial charge on any atom is -0.387 e. The van der Waals surface area contributed by atoms with Crippen molar-refractivity contribution < 1.29 is 54.0 Å². The first-order valence-electron chi connectivity index (χ1n) is 7.30. The second-order valence-electron chi connectivity index (χ2n) is 5.51. The molecule has 142 valence electrons. The summed E-state index contributed by atoms with van der Waals surface area (Å²) in [6, 6.07) is 0. The van der Waals surface area contributed by atoms with Gasteiger partial charge in [-0.05, 0) is 0 Å². The van der Waals surface area contributed by atoms with Gasteiger partial charge in [0.15, 0.2) is 25.2 Å². The average Bonchev–Trinajstić information content (AvgIpc) is 2.59. The maximum Gasteiger partial charge on any atom is 0.189 e. The fourth-order valence-corrected chi connectivity index (χ4v) is 2.62. The van der Waals surface area contributed by atoms with Crippen LogP contribution in [0.5, 0.6) is 0 Å². The maximum atomic E-state index is 10.2. The molecule has 11 nitrogen and oxygen atoms in total. The summed E-state index contributed by atoms with van der Waals surface area (Å²) < 4.78 is 30.8. The molecular weight excluding hydrogens is 332 g/mol. The van der Waals surface area contributed by atoms with Crippen molar-refractivity contribution in [1.29, 1.82) is 0 Å². The SMILES string of the molecule is CO[C@H]1OC(OC2[C@@H](OC)O[C@H](OC)C(O)[C@H]2O)C(O)[C@@H](O)C1O. The molecule has 0 amide bonds.